The molecule has 0 radical (unpaired) electrons. The van der Waals surface area contributed by atoms with Gasteiger partial charge < -0.3 is 15.8 Å². The minimum absolute atomic E-state index is 0. The Morgan fingerprint density at radius 3 is 2.40 bits per heavy atom. The molecule has 1 rings (SSSR count). The molecule has 3 N–H and O–H groups in total. The number of nitrogens with two attached hydrogens (primary N) is 1. The zero-order valence-electron chi connectivity index (χ0n) is 9.58. The van der Waals surface area contributed by atoms with Crippen molar-refractivity contribution in [3.8, 4) is 0 Å². The van der Waals surface area contributed by atoms with E-state index in [0.29, 0.717) is 0 Å². The molecule has 2 unspecified atom stereocenters. The van der Waals surface area contributed by atoms with Gasteiger partial charge in [0.25, 0.3) is 0 Å². The third-order valence-electron chi connectivity index (χ3n) is 2.27. The molecule has 5 heteroatoms. The van der Waals surface area contributed by atoms with E-state index >= 15 is 0 Å². The van der Waals surface area contributed by atoms with Crippen LogP contribution in [0, 0.1) is 0 Å². The predicted molar refractivity (Wildman–Crippen MR) is 62.2 cm³/mol. The number of alkyl carbamates (subject to hydrolysis) is 1. The number of ether oxygens (including phenoxy) is 1. The number of rotatable bonds is 1. The van der Waals surface area contributed by atoms with E-state index < -0.39 is 5.60 Å². The SMILES string of the molecule is CC(C)(C)OC(=O)NC1CCCC1N.Cl. The van der Waals surface area contributed by atoms with E-state index in [1.807, 2.05) is 20.8 Å². The second kappa shape index (κ2) is 5.56. The number of carbonyl (C=O) groups is 1. The summed E-state index contributed by atoms with van der Waals surface area (Å²) < 4.78 is 5.14. The van der Waals surface area contributed by atoms with Crippen LogP contribution in [0.3, 0.4) is 0 Å². The lowest BCUT2D eigenvalue weighted by Crippen LogP contribution is -2.45. The second-order valence-corrected chi connectivity index (χ2v) is 4.85. The van der Waals surface area contributed by atoms with Gasteiger partial charge in [-0.15, -0.1) is 12.4 Å². The molecule has 4 nitrogen and oxygen atoms in total. The summed E-state index contributed by atoms with van der Waals surface area (Å²) in [6.07, 6.45) is 2.67. The molecule has 1 amide bonds. The molecule has 0 spiro atoms. The minimum Gasteiger partial charge on any atom is -0.444 e. The van der Waals surface area contributed by atoms with Crippen LogP contribution in [0.1, 0.15) is 40.0 Å². The Labute approximate surface area is 97.3 Å². The van der Waals surface area contributed by atoms with Crippen LogP contribution in [0.4, 0.5) is 4.79 Å². The first kappa shape index (κ1) is 14.5. The largest absolute Gasteiger partial charge is 0.444 e. The van der Waals surface area contributed by atoms with E-state index in [4.69, 9.17) is 10.5 Å². The van der Waals surface area contributed by atoms with E-state index in [1.165, 1.54) is 0 Å². The maximum absolute atomic E-state index is 11.4. The third-order valence-corrected chi connectivity index (χ3v) is 2.27. The van der Waals surface area contributed by atoms with Gasteiger partial charge in [0.05, 0.1) is 0 Å². The van der Waals surface area contributed by atoms with Crippen LogP contribution in [-0.4, -0.2) is 23.8 Å². The van der Waals surface area contributed by atoms with Crippen LogP contribution in [0.25, 0.3) is 0 Å². The van der Waals surface area contributed by atoms with Gasteiger partial charge >= 0.3 is 6.09 Å². The highest BCUT2D eigenvalue weighted by atomic mass is 35.5. The molecule has 0 aliphatic heterocycles. The van der Waals surface area contributed by atoms with Gasteiger partial charge in [-0.1, -0.05) is 0 Å². The van der Waals surface area contributed by atoms with Gasteiger partial charge in [0, 0.05) is 12.1 Å². The summed E-state index contributed by atoms with van der Waals surface area (Å²) in [5, 5.41) is 2.80. The predicted octanol–water partition coefficient (Wildman–Crippen LogP) is 1.81. The minimum atomic E-state index is -0.438. The molecule has 0 aromatic heterocycles. The highest BCUT2D eigenvalue weighted by Gasteiger charge is 2.27. The monoisotopic (exact) mass is 236 g/mol. The van der Waals surface area contributed by atoms with Gasteiger partial charge in [-0.2, -0.15) is 0 Å². The van der Waals surface area contributed by atoms with Crippen molar-refractivity contribution in [2.24, 2.45) is 5.73 Å². The maximum Gasteiger partial charge on any atom is 0.407 e. The fourth-order valence-electron chi connectivity index (χ4n) is 1.63. The van der Waals surface area contributed by atoms with Crippen molar-refractivity contribution < 1.29 is 9.53 Å². The number of amides is 1. The summed E-state index contributed by atoms with van der Waals surface area (Å²) in [5.74, 6) is 0. The molecular weight excluding hydrogens is 216 g/mol. The molecule has 1 fully saturated rings. The number of hydrogen-bond acceptors (Lipinski definition) is 3. The molecule has 15 heavy (non-hydrogen) atoms. The number of nitrogens with one attached hydrogen (secondary N) is 1. The van der Waals surface area contributed by atoms with Crippen LogP contribution < -0.4 is 11.1 Å². The van der Waals surface area contributed by atoms with Crippen molar-refractivity contribution >= 4 is 18.5 Å². The fraction of sp³-hybridized carbons (Fsp3) is 0.900. The standard InChI is InChI=1S/C10H20N2O2.ClH/c1-10(2,3)14-9(13)12-8-6-4-5-7(8)11;/h7-8H,4-6,11H2,1-3H3,(H,12,13);1H. The number of carbonyl (C=O) groups excluding carboxylic acids is 1. The lowest BCUT2D eigenvalue weighted by atomic mass is 10.2. The van der Waals surface area contributed by atoms with Crippen LogP contribution in [0.2, 0.25) is 0 Å². The first-order valence-electron chi connectivity index (χ1n) is 5.13. The highest BCUT2D eigenvalue weighted by molar-refractivity contribution is 5.85. The molecule has 0 saturated heterocycles. The fourth-order valence-corrected chi connectivity index (χ4v) is 1.63. The molecular formula is C10H21ClN2O2. The molecule has 1 aliphatic carbocycles. The molecule has 90 valence electrons. The lowest BCUT2D eigenvalue weighted by Gasteiger charge is -2.23. The van der Waals surface area contributed by atoms with Gasteiger partial charge in [0.1, 0.15) is 5.60 Å². The zero-order chi connectivity index (χ0) is 10.8. The average Bonchev–Trinajstić information content (AvgIpc) is 2.32. The van der Waals surface area contributed by atoms with Crippen molar-refractivity contribution in [2.45, 2.75) is 57.7 Å². The van der Waals surface area contributed by atoms with Gasteiger partial charge in [-0.3, -0.25) is 0 Å². The molecule has 0 bridgehead atoms. The lowest BCUT2D eigenvalue weighted by molar-refractivity contribution is 0.0501. The Bertz CT molecular complexity index is 216. The quantitative estimate of drug-likeness (QED) is 0.730. The van der Waals surface area contributed by atoms with Crippen molar-refractivity contribution in [2.75, 3.05) is 0 Å². The van der Waals surface area contributed by atoms with Gasteiger partial charge in [-0.05, 0) is 40.0 Å². The van der Waals surface area contributed by atoms with Crippen LogP contribution in [0.15, 0.2) is 0 Å². The van der Waals surface area contributed by atoms with Crippen molar-refractivity contribution in [1.29, 1.82) is 0 Å². The topological polar surface area (TPSA) is 64.3 Å². The van der Waals surface area contributed by atoms with Crippen molar-refractivity contribution in [3.05, 3.63) is 0 Å². The summed E-state index contributed by atoms with van der Waals surface area (Å²) in [6, 6.07) is 0.173. The summed E-state index contributed by atoms with van der Waals surface area (Å²) in [7, 11) is 0. The van der Waals surface area contributed by atoms with Crippen molar-refractivity contribution in [3.63, 3.8) is 0 Å². The molecule has 0 heterocycles. The van der Waals surface area contributed by atoms with E-state index in [2.05, 4.69) is 5.32 Å². The smallest absolute Gasteiger partial charge is 0.407 e. The normalized spacial score (nSPS) is 25.6. The molecule has 1 saturated carbocycles. The Kier molecular flexibility index (Phi) is 5.38. The summed E-state index contributed by atoms with van der Waals surface area (Å²) in [4.78, 5) is 11.4. The van der Waals surface area contributed by atoms with Gasteiger partial charge in [0.2, 0.25) is 0 Å². The van der Waals surface area contributed by atoms with Gasteiger partial charge in [0.15, 0.2) is 0 Å². The average molecular weight is 237 g/mol. The number of halogens is 1. The van der Waals surface area contributed by atoms with Crippen LogP contribution in [-0.2, 0) is 4.74 Å². The van der Waals surface area contributed by atoms with E-state index in [-0.39, 0.29) is 30.6 Å². The molecule has 0 aromatic rings. The van der Waals surface area contributed by atoms with Gasteiger partial charge in [-0.25, -0.2) is 4.79 Å². The molecule has 1 aliphatic rings. The first-order valence-corrected chi connectivity index (χ1v) is 5.13. The van der Waals surface area contributed by atoms with Crippen LogP contribution in [0.5, 0.6) is 0 Å². The Balaban J connectivity index is 0.00000196. The Morgan fingerprint density at radius 1 is 1.40 bits per heavy atom. The Morgan fingerprint density at radius 2 is 2.00 bits per heavy atom. The summed E-state index contributed by atoms with van der Waals surface area (Å²) in [5.41, 5.74) is 5.38. The third kappa shape index (κ3) is 5.23. The molecule has 2 atom stereocenters. The second-order valence-electron chi connectivity index (χ2n) is 4.85. The van der Waals surface area contributed by atoms with Crippen LogP contribution >= 0.6 is 12.4 Å². The maximum atomic E-state index is 11.4. The zero-order valence-corrected chi connectivity index (χ0v) is 10.4. The number of hydrogen-bond donors (Lipinski definition) is 2. The van der Waals surface area contributed by atoms with E-state index in [0.717, 1.165) is 19.3 Å². The van der Waals surface area contributed by atoms with E-state index in [9.17, 15) is 4.79 Å². The Hall–Kier alpha value is -0.480. The van der Waals surface area contributed by atoms with Crippen molar-refractivity contribution in [1.82, 2.24) is 5.32 Å². The first-order chi connectivity index (χ1) is 6.38. The highest BCUT2D eigenvalue weighted by Crippen LogP contribution is 2.17. The van der Waals surface area contributed by atoms with E-state index in [1.54, 1.807) is 0 Å². The summed E-state index contributed by atoms with van der Waals surface area (Å²) in [6.45, 7) is 5.55. The summed E-state index contributed by atoms with van der Waals surface area (Å²) >= 11 is 0. The molecule has 0 aromatic carbocycles.